The van der Waals surface area contributed by atoms with Crippen molar-refractivity contribution in [2.24, 2.45) is 0 Å². The molecule has 1 aliphatic heterocycles. The molecular formula is C28H27F3N2O3S2. The van der Waals surface area contributed by atoms with Gasteiger partial charge < -0.3 is 10.0 Å². The average Bonchev–Trinajstić information content (AvgIpc) is 3.31. The van der Waals surface area contributed by atoms with E-state index >= 15 is 4.39 Å². The van der Waals surface area contributed by atoms with Crippen LogP contribution in [0.1, 0.15) is 35.9 Å². The lowest BCUT2D eigenvalue weighted by atomic mass is 10.0. The summed E-state index contributed by atoms with van der Waals surface area (Å²) in [4.78, 5) is 19.7. The minimum Gasteiger partial charge on any atom is -0.384 e. The van der Waals surface area contributed by atoms with Crippen molar-refractivity contribution < 1.29 is 27.3 Å². The number of benzene rings is 2. The maximum absolute atomic E-state index is 15.4. The second kappa shape index (κ2) is 11.4. The third-order valence-corrected chi connectivity index (χ3v) is 8.33. The number of carbonyl (C=O) groups is 1. The molecule has 3 unspecified atom stereocenters. The summed E-state index contributed by atoms with van der Waals surface area (Å²) in [6.45, 7) is 3.37. The van der Waals surface area contributed by atoms with Gasteiger partial charge in [0.1, 0.15) is 16.7 Å². The predicted octanol–water partition coefficient (Wildman–Crippen LogP) is 5.47. The lowest BCUT2D eigenvalue weighted by molar-refractivity contribution is -0.132. The predicted molar refractivity (Wildman–Crippen MR) is 144 cm³/mol. The molecule has 0 fully saturated rings. The number of carbonyl (C=O) groups excluding carboxylic acids is 1. The Labute approximate surface area is 226 Å². The van der Waals surface area contributed by atoms with Gasteiger partial charge in [-0.05, 0) is 67.1 Å². The van der Waals surface area contributed by atoms with E-state index in [2.05, 4.69) is 4.98 Å². The number of rotatable bonds is 8. The fourth-order valence-corrected chi connectivity index (χ4v) is 6.10. The molecular weight excluding hydrogens is 533 g/mol. The molecule has 1 amide bonds. The smallest absolute Gasteiger partial charge is 0.241 e. The molecule has 1 aliphatic rings. The quantitative estimate of drug-likeness (QED) is 0.396. The van der Waals surface area contributed by atoms with Gasteiger partial charge in [-0.2, -0.15) is 0 Å². The summed E-state index contributed by atoms with van der Waals surface area (Å²) < 4.78 is 54.5. The van der Waals surface area contributed by atoms with Crippen molar-refractivity contribution in [3.8, 4) is 11.1 Å². The van der Waals surface area contributed by atoms with Gasteiger partial charge >= 0.3 is 0 Å². The molecule has 3 atom stereocenters. The molecule has 2 heterocycles. The summed E-state index contributed by atoms with van der Waals surface area (Å²) in [5.74, 6) is -2.82. The lowest BCUT2D eigenvalue weighted by Crippen LogP contribution is -2.42. The molecule has 0 aliphatic carbocycles. The molecule has 0 saturated heterocycles. The summed E-state index contributed by atoms with van der Waals surface area (Å²) in [7, 11) is -1.22. The highest BCUT2D eigenvalue weighted by Gasteiger charge is 2.33. The number of halogens is 3. The van der Waals surface area contributed by atoms with Gasteiger partial charge in [-0.3, -0.25) is 14.0 Å². The van der Waals surface area contributed by atoms with Gasteiger partial charge in [0.05, 0.1) is 17.5 Å². The van der Waals surface area contributed by atoms with Crippen molar-refractivity contribution in [2.45, 2.75) is 37.3 Å². The van der Waals surface area contributed by atoms with Crippen LogP contribution < -0.4 is 0 Å². The van der Waals surface area contributed by atoms with Gasteiger partial charge in [-0.15, -0.1) is 11.8 Å². The van der Waals surface area contributed by atoms with Crippen LogP contribution in [0.25, 0.3) is 11.1 Å². The zero-order chi connectivity index (χ0) is 27.6. The van der Waals surface area contributed by atoms with E-state index in [1.165, 1.54) is 18.2 Å². The van der Waals surface area contributed by atoms with Gasteiger partial charge in [0, 0.05) is 34.5 Å². The van der Waals surface area contributed by atoms with Crippen LogP contribution in [0.4, 0.5) is 13.2 Å². The number of aromatic nitrogens is 1. The number of aliphatic hydroxyl groups is 1. The molecule has 200 valence electrons. The highest BCUT2D eigenvalue weighted by Crippen LogP contribution is 2.35. The molecule has 2 aromatic carbocycles. The number of thioether (sulfide) groups is 1. The molecule has 0 radical (unpaired) electrons. The van der Waals surface area contributed by atoms with E-state index in [4.69, 9.17) is 0 Å². The zero-order valence-corrected chi connectivity index (χ0v) is 22.7. The van der Waals surface area contributed by atoms with Crippen LogP contribution >= 0.6 is 11.8 Å². The summed E-state index contributed by atoms with van der Waals surface area (Å²) in [6.07, 6.45) is 4.97. The molecule has 10 heteroatoms. The zero-order valence-electron chi connectivity index (χ0n) is 21.0. The summed E-state index contributed by atoms with van der Waals surface area (Å²) >= 11 is 1.16. The third-order valence-electron chi connectivity index (χ3n) is 6.27. The average molecular weight is 561 g/mol. The molecule has 3 aromatic rings. The van der Waals surface area contributed by atoms with Crippen molar-refractivity contribution in [3.05, 3.63) is 100 Å². The van der Waals surface area contributed by atoms with E-state index in [1.54, 1.807) is 60.9 Å². The normalized spacial score (nSPS) is 18.0. The molecule has 38 heavy (non-hydrogen) atoms. The van der Waals surface area contributed by atoms with E-state index in [0.29, 0.717) is 22.4 Å². The Morgan fingerprint density at radius 2 is 1.79 bits per heavy atom. The number of pyridine rings is 1. The van der Waals surface area contributed by atoms with Gasteiger partial charge in [0.25, 0.3) is 0 Å². The first-order valence-electron chi connectivity index (χ1n) is 11.8. The minimum absolute atomic E-state index is 0.141. The van der Waals surface area contributed by atoms with Crippen LogP contribution in [-0.2, 0) is 27.7 Å². The first kappa shape index (κ1) is 28.1. The van der Waals surface area contributed by atoms with Crippen molar-refractivity contribution in [2.75, 3.05) is 12.0 Å². The van der Waals surface area contributed by atoms with Crippen LogP contribution in [-0.4, -0.2) is 43.2 Å². The van der Waals surface area contributed by atoms with E-state index in [-0.39, 0.29) is 23.8 Å². The second-order valence-electron chi connectivity index (χ2n) is 9.50. The van der Waals surface area contributed by atoms with Crippen molar-refractivity contribution >= 4 is 28.5 Å². The SMILES string of the molecule is CSC(C(=O)N(Cc1ccnc(C(C)(C)O)c1)C1C=CS(=O)C1)c1ccc(-c2ccc(F)c(F)c2)cc1F. The molecule has 1 aromatic heterocycles. The molecule has 5 nitrogen and oxygen atoms in total. The summed E-state index contributed by atoms with van der Waals surface area (Å²) in [5, 5.41) is 11.0. The number of nitrogens with zero attached hydrogens (tertiary/aromatic N) is 2. The van der Waals surface area contributed by atoms with E-state index in [0.717, 1.165) is 23.9 Å². The Hall–Kier alpha value is -2.95. The summed E-state index contributed by atoms with van der Waals surface area (Å²) in [5.41, 5.74) is 0.772. The molecule has 0 spiro atoms. The van der Waals surface area contributed by atoms with Gasteiger partial charge in [0.15, 0.2) is 11.6 Å². The molecule has 0 saturated carbocycles. The van der Waals surface area contributed by atoms with Crippen LogP contribution in [0, 0.1) is 17.5 Å². The standard InChI is InChI=1S/C28H27F3N2O3S2/c1-28(2,35)25-12-17(8-10-32-25)15-33(20-9-11-38(36)16-20)27(34)26(37-3)21-6-4-18(13-23(21)30)19-5-7-22(29)24(31)14-19/h4-14,20,26,35H,15-16H2,1-3H3. The van der Waals surface area contributed by atoms with E-state index in [9.17, 15) is 22.9 Å². The van der Waals surface area contributed by atoms with Gasteiger partial charge in [0.2, 0.25) is 5.91 Å². The van der Waals surface area contributed by atoms with Crippen LogP contribution in [0.5, 0.6) is 0 Å². The Balaban J connectivity index is 1.66. The first-order chi connectivity index (χ1) is 18.0. The molecule has 1 N–H and O–H groups in total. The highest BCUT2D eigenvalue weighted by atomic mass is 32.2. The number of amides is 1. The maximum atomic E-state index is 15.4. The number of hydrogen-bond acceptors (Lipinski definition) is 5. The van der Waals surface area contributed by atoms with Gasteiger partial charge in [-0.25, -0.2) is 13.2 Å². The van der Waals surface area contributed by atoms with E-state index in [1.807, 2.05) is 0 Å². The largest absolute Gasteiger partial charge is 0.384 e. The van der Waals surface area contributed by atoms with Crippen LogP contribution in [0.2, 0.25) is 0 Å². The Kier molecular flexibility index (Phi) is 8.44. The lowest BCUT2D eigenvalue weighted by Gasteiger charge is -2.31. The minimum atomic E-state index is -1.22. The van der Waals surface area contributed by atoms with E-state index < -0.39 is 45.1 Å². The van der Waals surface area contributed by atoms with Crippen molar-refractivity contribution in [3.63, 3.8) is 0 Å². The van der Waals surface area contributed by atoms with Gasteiger partial charge in [-0.1, -0.05) is 24.3 Å². The molecule has 0 bridgehead atoms. The topological polar surface area (TPSA) is 70.5 Å². The molecule has 4 rings (SSSR count). The summed E-state index contributed by atoms with van der Waals surface area (Å²) in [6, 6.07) is 10.6. The number of hydrogen-bond donors (Lipinski definition) is 1. The third kappa shape index (κ3) is 6.19. The fraction of sp³-hybridized carbons (Fsp3) is 0.286. The van der Waals surface area contributed by atoms with Crippen LogP contribution in [0.3, 0.4) is 0 Å². The Morgan fingerprint density at radius 1 is 1.11 bits per heavy atom. The van der Waals surface area contributed by atoms with Crippen molar-refractivity contribution in [1.82, 2.24) is 9.88 Å². The monoisotopic (exact) mass is 560 g/mol. The second-order valence-corrected chi connectivity index (χ2v) is 11.8. The maximum Gasteiger partial charge on any atom is 0.241 e. The fourth-order valence-electron chi connectivity index (χ4n) is 4.22. The van der Waals surface area contributed by atoms with Crippen LogP contribution in [0.15, 0.2) is 66.2 Å². The first-order valence-corrected chi connectivity index (χ1v) is 14.5. The Morgan fingerprint density at radius 3 is 2.37 bits per heavy atom. The highest BCUT2D eigenvalue weighted by molar-refractivity contribution is 7.99. The Bertz CT molecular complexity index is 1410. The van der Waals surface area contributed by atoms with Crippen molar-refractivity contribution in [1.29, 1.82) is 0 Å².